The van der Waals surface area contributed by atoms with Gasteiger partial charge in [-0.3, -0.25) is 0 Å². The third-order valence-electron chi connectivity index (χ3n) is 4.57. The number of aryl methyl sites for hydroxylation is 1. The monoisotopic (exact) mass is 275 g/mol. The summed E-state index contributed by atoms with van der Waals surface area (Å²) in [5.74, 6) is 0.804. The second kappa shape index (κ2) is 7.80. The molecular weight excluding hydrogens is 246 g/mol. The van der Waals surface area contributed by atoms with Crippen LogP contribution in [0.1, 0.15) is 55.3 Å². The Labute approximate surface area is 123 Å². The molecule has 1 atom stereocenters. The van der Waals surface area contributed by atoms with E-state index in [-0.39, 0.29) is 0 Å². The maximum absolute atomic E-state index is 5.49. The first-order valence-corrected chi connectivity index (χ1v) is 8.09. The standard InChI is InChI=1S/C18H29NO/c1-4-10-19-18(13-16-8-11-20-12-9-16)17-7-5-6-14(2)15(17)3/h5-7,16,18-19H,4,8-13H2,1-3H3. The van der Waals surface area contributed by atoms with Crippen LogP contribution in [0.2, 0.25) is 0 Å². The number of nitrogens with one attached hydrogen (secondary N) is 1. The summed E-state index contributed by atoms with van der Waals surface area (Å²) in [4.78, 5) is 0. The summed E-state index contributed by atoms with van der Waals surface area (Å²) in [6.07, 6.45) is 4.87. The van der Waals surface area contributed by atoms with Crippen LogP contribution < -0.4 is 5.32 Å². The fourth-order valence-corrected chi connectivity index (χ4v) is 3.11. The molecule has 1 aliphatic heterocycles. The molecule has 0 aliphatic carbocycles. The lowest BCUT2D eigenvalue weighted by atomic mass is 9.87. The molecule has 0 spiro atoms. The number of hydrogen-bond acceptors (Lipinski definition) is 2. The minimum absolute atomic E-state index is 0.498. The van der Waals surface area contributed by atoms with Gasteiger partial charge < -0.3 is 10.1 Å². The van der Waals surface area contributed by atoms with E-state index in [1.54, 1.807) is 0 Å². The molecule has 2 nitrogen and oxygen atoms in total. The van der Waals surface area contributed by atoms with Crippen molar-refractivity contribution in [2.45, 2.75) is 52.5 Å². The van der Waals surface area contributed by atoms with E-state index in [0.29, 0.717) is 6.04 Å². The fourth-order valence-electron chi connectivity index (χ4n) is 3.11. The smallest absolute Gasteiger partial charge is 0.0468 e. The summed E-state index contributed by atoms with van der Waals surface area (Å²) in [5, 5.41) is 3.76. The lowest BCUT2D eigenvalue weighted by molar-refractivity contribution is 0.0605. The van der Waals surface area contributed by atoms with Crippen molar-refractivity contribution in [3.05, 3.63) is 34.9 Å². The zero-order valence-electron chi connectivity index (χ0n) is 13.2. The first-order chi connectivity index (χ1) is 9.72. The highest BCUT2D eigenvalue weighted by Crippen LogP contribution is 2.30. The number of rotatable bonds is 6. The van der Waals surface area contributed by atoms with Crippen molar-refractivity contribution in [2.75, 3.05) is 19.8 Å². The second-order valence-corrected chi connectivity index (χ2v) is 6.09. The van der Waals surface area contributed by atoms with Crippen LogP contribution in [0.15, 0.2) is 18.2 Å². The Morgan fingerprint density at radius 3 is 2.70 bits per heavy atom. The van der Waals surface area contributed by atoms with E-state index in [1.807, 2.05) is 0 Å². The van der Waals surface area contributed by atoms with Crippen molar-refractivity contribution < 1.29 is 4.74 Å². The highest BCUT2D eigenvalue weighted by atomic mass is 16.5. The molecule has 0 saturated carbocycles. The molecule has 1 saturated heterocycles. The van der Waals surface area contributed by atoms with Crippen molar-refractivity contribution in [1.82, 2.24) is 5.32 Å². The Bertz CT molecular complexity index is 410. The van der Waals surface area contributed by atoms with Crippen LogP contribution in [0.3, 0.4) is 0 Å². The third kappa shape index (κ3) is 4.07. The number of ether oxygens (including phenoxy) is 1. The summed E-state index contributed by atoms with van der Waals surface area (Å²) < 4.78 is 5.49. The van der Waals surface area contributed by atoms with Crippen LogP contribution >= 0.6 is 0 Å². The Morgan fingerprint density at radius 1 is 1.25 bits per heavy atom. The molecule has 1 unspecified atom stereocenters. The number of hydrogen-bond donors (Lipinski definition) is 1. The van der Waals surface area contributed by atoms with Gasteiger partial charge in [0.1, 0.15) is 0 Å². The second-order valence-electron chi connectivity index (χ2n) is 6.09. The van der Waals surface area contributed by atoms with Crippen LogP contribution in [-0.4, -0.2) is 19.8 Å². The molecule has 1 fully saturated rings. The van der Waals surface area contributed by atoms with Gasteiger partial charge in [-0.05, 0) is 68.7 Å². The Hall–Kier alpha value is -0.860. The van der Waals surface area contributed by atoms with Crippen molar-refractivity contribution in [2.24, 2.45) is 5.92 Å². The van der Waals surface area contributed by atoms with E-state index in [0.717, 1.165) is 25.7 Å². The van der Waals surface area contributed by atoms with Crippen LogP contribution in [0.5, 0.6) is 0 Å². The molecule has 0 bridgehead atoms. The molecule has 0 amide bonds. The van der Waals surface area contributed by atoms with Crippen LogP contribution in [0.25, 0.3) is 0 Å². The molecular formula is C18H29NO. The maximum Gasteiger partial charge on any atom is 0.0468 e. The van der Waals surface area contributed by atoms with E-state index < -0.39 is 0 Å². The quantitative estimate of drug-likeness (QED) is 0.841. The molecule has 0 aromatic heterocycles. The van der Waals surface area contributed by atoms with Gasteiger partial charge in [0.2, 0.25) is 0 Å². The van der Waals surface area contributed by atoms with Gasteiger partial charge >= 0.3 is 0 Å². The van der Waals surface area contributed by atoms with Crippen molar-refractivity contribution in [1.29, 1.82) is 0 Å². The highest BCUT2D eigenvalue weighted by molar-refractivity contribution is 5.35. The van der Waals surface area contributed by atoms with Crippen molar-refractivity contribution in [3.8, 4) is 0 Å². The SMILES string of the molecule is CCCNC(CC1CCOCC1)c1cccc(C)c1C. The molecule has 1 aliphatic rings. The minimum Gasteiger partial charge on any atom is -0.381 e. The first-order valence-electron chi connectivity index (χ1n) is 8.09. The van der Waals surface area contributed by atoms with Gasteiger partial charge in [0.05, 0.1) is 0 Å². The molecule has 1 heterocycles. The minimum atomic E-state index is 0.498. The summed E-state index contributed by atoms with van der Waals surface area (Å²) in [7, 11) is 0. The molecule has 1 aromatic rings. The van der Waals surface area contributed by atoms with Gasteiger partial charge in [0.15, 0.2) is 0 Å². The predicted molar refractivity (Wildman–Crippen MR) is 85.1 cm³/mol. The third-order valence-corrected chi connectivity index (χ3v) is 4.57. The van der Waals surface area contributed by atoms with Gasteiger partial charge in [-0.25, -0.2) is 0 Å². The number of benzene rings is 1. The largest absolute Gasteiger partial charge is 0.381 e. The van der Waals surface area contributed by atoms with E-state index in [4.69, 9.17) is 4.74 Å². The average Bonchev–Trinajstić information content (AvgIpc) is 2.48. The zero-order chi connectivity index (χ0) is 14.4. The normalized spacial score (nSPS) is 18.1. The summed E-state index contributed by atoms with van der Waals surface area (Å²) >= 11 is 0. The molecule has 1 aromatic carbocycles. The lowest BCUT2D eigenvalue weighted by Gasteiger charge is -2.29. The molecule has 112 valence electrons. The first kappa shape index (κ1) is 15.5. The molecule has 2 rings (SSSR count). The van der Waals surface area contributed by atoms with Gasteiger partial charge in [-0.15, -0.1) is 0 Å². The van der Waals surface area contributed by atoms with E-state index >= 15 is 0 Å². The van der Waals surface area contributed by atoms with Gasteiger partial charge in [0, 0.05) is 19.3 Å². The predicted octanol–water partition coefficient (Wildman–Crippen LogP) is 4.16. The average molecular weight is 275 g/mol. The summed E-state index contributed by atoms with van der Waals surface area (Å²) in [5.41, 5.74) is 4.34. The van der Waals surface area contributed by atoms with Crippen LogP contribution in [0, 0.1) is 19.8 Å². The maximum atomic E-state index is 5.49. The molecule has 2 heteroatoms. The van der Waals surface area contributed by atoms with Crippen molar-refractivity contribution >= 4 is 0 Å². The van der Waals surface area contributed by atoms with Gasteiger partial charge in [-0.1, -0.05) is 25.1 Å². The lowest BCUT2D eigenvalue weighted by Crippen LogP contribution is -2.27. The Morgan fingerprint density at radius 2 is 2.00 bits per heavy atom. The summed E-state index contributed by atoms with van der Waals surface area (Å²) in [6.45, 7) is 9.69. The van der Waals surface area contributed by atoms with Crippen LogP contribution in [0.4, 0.5) is 0 Å². The topological polar surface area (TPSA) is 21.3 Å². The molecule has 20 heavy (non-hydrogen) atoms. The van der Waals surface area contributed by atoms with Crippen molar-refractivity contribution in [3.63, 3.8) is 0 Å². The molecule has 0 radical (unpaired) electrons. The Balaban J connectivity index is 2.11. The summed E-state index contributed by atoms with van der Waals surface area (Å²) in [6, 6.07) is 7.21. The fraction of sp³-hybridized carbons (Fsp3) is 0.667. The zero-order valence-corrected chi connectivity index (χ0v) is 13.2. The van der Waals surface area contributed by atoms with Gasteiger partial charge in [-0.2, -0.15) is 0 Å². The van der Waals surface area contributed by atoms with E-state index in [9.17, 15) is 0 Å². The van der Waals surface area contributed by atoms with Gasteiger partial charge in [0.25, 0.3) is 0 Å². The van der Waals surface area contributed by atoms with E-state index in [1.165, 1.54) is 42.4 Å². The van der Waals surface area contributed by atoms with Crippen LogP contribution in [-0.2, 0) is 4.74 Å². The molecule has 1 N–H and O–H groups in total. The van der Waals surface area contributed by atoms with E-state index in [2.05, 4.69) is 44.3 Å². The Kier molecular flexibility index (Phi) is 6.06. The highest BCUT2D eigenvalue weighted by Gasteiger charge is 2.21.